The van der Waals surface area contributed by atoms with Gasteiger partial charge in [0, 0.05) is 21.3 Å². The molecule has 19 heavy (non-hydrogen) atoms. The second-order valence-corrected chi connectivity index (χ2v) is 11.8. The quantitative estimate of drug-likeness (QED) is 0.379. The molecule has 0 aromatic carbocycles. The highest BCUT2D eigenvalue weighted by Crippen LogP contribution is 2.45. The van der Waals surface area contributed by atoms with Crippen molar-refractivity contribution in [1.82, 2.24) is 0 Å². The average molecular weight is 517 g/mol. The van der Waals surface area contributed by atoms with Crippen LogP contribution < -0.4 is 13.9 Å². The third kappa shape index (κ3) is 2.96. The molecule has 0 nitrogen and oxygen atoms in total. The topological polar surface area (TPSA) is 0 Å². The molecule has 0 spiro atoms. The predicted molar refractivity (Wildman–Crippen MR) is 102 cm³/mol. The van der Waals surface area contributed by atoms with Gasteiger partial charge in [0.15, 0.2) is 0 Å². The number of thiophene rings is 3. The second kappa shape index (κ2) is 6.39. The number of halogens is 3. The summed E-state index contributed by atoms with van der Waals surface area (Å²) in [6.45, 7) is 0. The van der Waals surface area contributed by atoms with Crippen LogP contribution in [0.4, 0.5) is 0 Å². The fourth-order valence-corrected chi connectivity index (χ4v) is 11.9. The highest BCUT2D eigenvalue weighted by atomic mass is 79.9. The first kappa shape index (κ1) is 14.9. The lowest BCUT2D eigenvalue weighted by molar-refractivity contribution is 1.92. The molecule has 3 aromatic heterocycles. The molecule has 0 atom stereocenters. The normalized spacial score (nSPS) is 11.4. The van der Waals surface area contributed by atoms with Crippen molar-refractivity contribution in [3.05, 3.63) is 47.8 Å². The van der Waals surface area contributed by atoms with E-state index in [1.165, 1.54) is 27.3 Å². The van der Waals surface area contributed by atoms with E-state index in [1.54, 1.807) is 0 Å². The third-order valence-corrected chi connectivity index (χ3v) is 12.8. The van der Waals surface area contributed by atoms with Crippen molar-refractivity contribution in [2.24, 2.45) is 0 Å². The molecular weight excluding hydrogens is 511 g/mol. The second-order valence-electron chi connectivity index (χ2n) is 3.56. The zero-order valence-electron chi connectivity index (χ0n) is 9.27. The van der Waals surface area contributed by atoms with Crippen LogP contribution in [0.25, 0.3) is 0 Å². The van der Waals surface area contributed by atoms with Gasteiger partial charge >= 0.3 is 0 Å². The molecule has 3 rings (SSSR count). The largest absolute Gasteiger partial charge is 0.142 e. The van der Waals surface area contributed by atoms with Crippen LogP contribution in [0.1, 0.15) is 0 Å². The maximum absolute atomic E-state index is 3.69. The molecule has 0 saturated carbocycles. The zero-order valence-corrected chi connectivity index (χ0v) is 17.4. The smallest absolute Gasteiger partial charge is 0.0527 e. The monoisotopic (exact) mass is 514 g/mol. The Labute approximate surface area is 150 Å². The van der Waals surface area contributed by atoms with Gasteiger partial charge in [-0.05, 0) is 82.1 Å². The molecule has 3 aromatic rings. The summed E-state index contributed by atoms with van der Waals surface area (Å²) < 4.78 is 7.89. The molecule has 0 radical (unpaired) electrons. The van der Waals surface area contributed by atoms with Crippen molar-refractivity contribution in [1.29, 1.82) is 0 Å². The van der Waals surface area contributed by atoms with E-state index in [2.05, 4.69) is 82.1 Å². The Morgan fingerprint density at radius 3 is 1.16 bits per heavy atom. The van der Waals surface area contributed by atoms with Crippen molar-refractivity contribution in [3.63, 3.8) is 0 Å². The van der Waals surface area contributed by atoms with E-state index in [9.17, 15) is 0 Å². The van der Waals surface area contributed by atoms with Gasteiger partial charge in [-0.1, -0.05) is 0 Å². The summed E-state index contributed by atoms with van der Waals surface area (Å²) in [7, 11) is -0.482. The SMILES string of the molecule is Brc1ccsc1P(c1sccc1Br)c1sccc1Br. The van der Waals surface area contributed by atoms with Gasteiger partial charge < -0.3 is 0 Å². The lowest BCUT2D eigenvalue weighted by Gasteiger charge is -2.15. The van der Waals surface area contributed by atoms with Gasteiger partial charge in [-0.3, -0.25) is 0 Å². The molecule has 0 bridgehead atoms. The fraction of sp³-hybridized carbons (Fsp3) is 0. The van der Waals surface area contributed by atoms with Crippen molar-refractivity contribution >= 4 is 104 Å². The molecule has 3 heterocycles. The van der Waals surface area contributed by atoms with Gasteiger partial charge in [-0.25, -0.2) is 0 Å². The average Bonchev–Trinajstić information content (AvgIpc) is 3.07. The Kier molecular flexibility index (Phi) is 5.00. The van der Waals surface area contributed by atoms with E-state index < -0.39 is 7.92 Å². The standard InChI is InChI=1S/C12H6Br3PS3/c13-7-1-4-17-10(7)16(11-8(14)2-5-18-11)12-9(15)3-6-19-12/h1-6H. The maximum Gasteiger partial charge on any atom is 0.0527 e. The molecule has 0 aliphatic carbocycles. The Balaban J connectivity index is 2.20. The number of rotatable bonds is 3. The van der Waals surface area contributed by atoms with Crippen molar-refractivity contribution in [2.45, 2.75) is 0 Å². The summed E-state index contributed by atoms with van der Waals surface area (Å²) in [4.78, 5) is 0. The van der Waals surface area contributed by atoms with Crippen LogP contribution >= 0.6 is 89.7 Å². The van der Waals surface area contributed by atoms with E-state index in [-0.39, 0.29) is 0 Å². The predicted octanol–water partition coefficient (Wildman–Crippen LogP) is 5.92. The molecule has 0 saturated heterocycles. The summed E-state index contributed by atoms with van der Waals surface area (Å²) in [6.07, 6.45) is 0. The lowest BCUT2D eigenvalue weighted by Crippen LogP contribution is -2.16. The van der Waals surface area contributed by atoms with Crippen LogP contribution in [-0.4, -0.2) is 0 Å². The summed E-state index contributed by atoms with van der Waals surface area (Å²) >= 11 is 16.6. The van der Waals surface area contributed by atoms with E-state index in [0.29, 0.717) is 0 Å². The van der Waals surface area contributed by atoms with Gasteiger partial charge in [-0.2, -0.15) is 0 Å². The number of hydrogen-bond donors (Lipinski definition) is 0. The molecule has 0 N–H and O–H groups in total. The van der Waals surface area contributed by atoms with Gasteiger partial charge in [0.1, 0.15) is 0 Å². The zero-order chi connectivity index (χ0) is 13.4. The third-order valence-electron chi connectivity index (χ3n) is 2.40. The summed E-state index contributed by atoms with van der Waals surface area (Å²) in [5.41, 5.74) is 0. The minimum atomic E-state index is -0.482. The van der Waals surface area contributed by atoms with E-state index in [0.717, 1.165) is 0 Å². The van der Waals surface area contributed by atoms with Gasteiger partial charge in [-0.15, -0.1) is 34.0 Å². The van der Waals surface area contributed by atoms with Gasteiger partial charge in [0.25, 0.3) is 0 Å². The van der Waals surface area contributed by atoms with Crippen LogP contribution in [0.5, 0.6) is 0 Å². The van der Waals surface area contributed by atoms with Crippen LogP contribution in [-0.2, 0) is 0 Å². The Morgan fingerprint density at radius 2 is 0.947 bits per heavy atom. The van der Waals surface area contributed by atoms with E-state index in [1.807, 2.05) is 34.0 Å². The van der Waals surface area contributed by atoms with E-state index in [4.69, 9.17) is 0 Å². The first-order chi connectivity index (χ1) is 9.18. The molecule has 0 amide bonds. The molecule has 0 unspecified atom stereocenters. The molecular formula is C12H6Br3PS3. The molecule has 0 fully saturated rings. The van der Waals surface area contributed by atoms with E-state index >= 15 is 0 Å². The Morgan fingerprint density at radius 1 is 0.632 bits per heavy atom. The molecule has 0 aliphatic rings. The maximum atomic E-state index is 3.69. The van der Waals surface area contributed by atoms with Gasteiger partial charge in [0.05, 0.1) is 13.9 Å². The molecule has 98 valence electrons. The molecule has 7 heteroatoms. The van der Waals surface area contributed by atoms with Crippen molar-refractivity contribution < 1.29 is 0 Å². The highest BCUT2D eigenvalue weighted by molar-refractivity contribution is 9.11. The number of hydrogen-bond acceptors (Lipinski definition) is 3. The minimum Gasteiger partial charge on any atom is -0.142 e. The summed E-state index contributed by atoms with van der Waals surface area (Å²) in [5.74, 6) is 0. The van der Waals surface area contributed by atoms with Crippen molar-refractivity contribution in [3.8, 4) is 0 Å². The fourth-order valence-electron chi connectivity index (χ4n) is 1.61. The Bertz CT molecular complexity index is 605. The van der Waals surface area contributed by atoms with Gasteiger partial charge in [0.2, 0.25) is 0 Å². The highest BCUT2D eigenvalue weighted by Gasteiger charge is 2.26. The van der Waals surface area contributed by atoms with Crippen LogP contribution in [0.15, 0.2) is 47.8 Å². The first-order valence-corrected chi connectivity index (χ1v) is 11.5. The van der Waals surface area contributed by atoms with Crippen LogP contribution in [0, 0.1) is 0 Å². The summed E-state index contributed by atoms with van der Waals surface area (Å²) in [6, 6.07) is 6.41. The van der Waals surface area contributed by atoms with Crippen LogP contribution in [0.3, 0.4) is 0 Å². The summed E-state index contributed by atoms with van der Waals surface area (Å²) in [5, 5.41) is 6.45. The molecule has 0 aliphatic heterocycles. The van der Waals surface area contributed by atoms with Crippen molar-refractivity contribution in [2.75, 3.05) is 0 Å². The lowest BCUT2D eigenvalue weighted by atomic mass is 10.7. The Hall–Kier alpha value is 0.970. The van der Waals surface area contributed by atoms with Crippen LogP contribution in [0.2, 0.25) is 0 Å². The minimum absolute atomic E-state index is 0.482. The first-order valence-electron chi connectivity index (χ1n) is 5.17.